The van der Waals surface area contributed by atoms with Gasteiger partial charge < -0.3 is 4.74 Å². The van der Waals surface area contributed by atoms with Crippen molar-refractivity contribution in [3.63, 3.8) is 0 Å². The van der Waals surface area contributed by atoms with Gasteiger partial charge in [0.2, 0.25) is 5.54 Å². The minimum atomic E-state index is -1.31. The molecule has 0 bridgehead atoms. The number of methoxy groups -OCH3 is 1. The van der Waals surface area contributed by atoms with E-state index in [-0.39, 0.29) is 0 Å². The Morgan fingerprint density at radius 3 is 2.09 bits per heavy atom. The van der Waals surface area contributed by atoms with Crippen LogP contribution in [0.25, 0.3) is 0 Å². The van der Waals surface area contributed by atoms with Gasteiger partial charge in [-0.2, -0.15) is 0 Å². The number of aryl methyl sites for hydroxylation is 1. The van der Waals surface area contributed by atoms with E-state index in [0.29, 0.717) is 16.9 Å². The highest BCUT2D eigenvalue weighted by Gasteiger charge is 2.34. The first-order chi connectivity index (χ1) is 11.2. The molecule has 0 amide bonds. The third-order valence-corrected chi connectivity index (χ3v) is 4.04. The molecule has 23 heavy (non-hydrogen) atoms. The van der Waals surface area contributed by atoms with Gasteiger partial charge in [-0.25, -0.2) is 0 Å². The van der Waals surface area contributed by atoms with Crippen LogP contribution >= 0.6 is 0 Å². The van der Waals surface area contributed by atoms with Gasteiger partial charge >= 0.3 is 0 Å². The van der Waals surface area contributed by atoms with E-state index in [2.05, 4.69) is 18.0 Å². The molecule has 2 aromatic carbocycles. The first kappa shape index (κ1) is 16.8. The Balaban J connectivity index is 2.40. The maximum Gasteiger partial charge on any atom is 0.212 e. The first-order valence-corrected chi connectivity index (χ1v) is 7.76. The SMILES string of the molecule is C#CC(N=O)(c1ccc(CCCC)cc1)c1ccc(OC)cc1. The van der Waals surface area contributed by atoms with Crippen LogP contribution in [0.1, 0.15) is 36.5 Å². The fraction of sp³-hybridized carbons (Fsp3) is 0.300. The molecule has 0 saturated carbocycles. The normalized spacial score (nSPS) is 12.9. The average molecular weight is 307 g/mol. The number of terminal acetylenes is 1. The largest absolute Gasteiger partial charge is 0.497 e. The standard InChI is InChI=1S/C20H21NO2/c1-4-6-7-16-8-10-17(11-9-16)20(5-2,21-22)18-12-14-19(23-3)15-13-18/h2,8-15H,4,6-7H2,1,3H3. The van der Waals surface area contributed by atoms with Gasteiger partial charge in [0, 0.05) is 5.56 Å². The van der Waals surface area contributed by atoms with Crippen molar-refractivity contribution in [2.45, 2.75) is 31.7 Å². The maximum absolute atomic E-state index is 11.6. The smallest absolute Gasteiger partial charge is 0.212 e. The Morgan fingerprint density at radius 2 is 1.65 bits per heavy atom. The molecule has 1 unspecified atom stereocenters. The summed E-state index contributed by atoms with van der Waals surface area (Å²) in [6.07, 6.45) is 9.01. The van der Waals surface area contributed by atoms with Gasteiger partial charge in [0.05, 0.1) is 7.11 Å². The van der Waals surface area contributed by atoms with Gasteiger partial charge in [-0.1, -0.05) is 55.7 Å². The summed E-state index contributed by atoms with van der Waals surface area (Å²) < 4.78 is 5.15. The van der Waals surface area contributed by atoms with E-state index in [1.165, 1.54) is 5.56 Å². The van der Waals surface area contributed by atoms with Gasteiger partial charge in [-0.05, 0) is 41.3 Å². The zero-order valence-electron chi connectivity index (χ0n) is 13.6. The molecule has 0 N–H and O–H groups in total. The summed E-state index contributed by atoms with van der Waals surface area (Å²) in [6.45, 7) is 2.16. The van der Waals surface area contributed by atoms with E-state index in [4.69, 9.17) is 11.2 Å². The third kappa shape index (κ3) is 3.43. The molecule has 1 atom stereocenters. The van der Waals surface area contributed by atoms with Gasteiger partial charge in [-0.3, -0.25) is 0 Å². The topological polar surface area (TPSA) is 38.7 Å². The molecule has 0 saturated heterocycles. The highest BCUT2D eigenvalue weighted by molar-refractivity contribution is 5.48. The molecule has 0 aromatic heterocycles. The predicted molar refractivity (Wildman–Crippen MR) is 93.5 cm³/mol. The number of nitrogens with zero attached hydrogens (tertiary/aromatic N) is 1. The van der Waals surface area contributed by atoms with Crippen molar-refractivity contribution in [2.24, 2.45) is 5.18 Å². The Kier molecular flexibility index (Phi) is 5.54. The van der Waals surface area contributed by atoms with Crippen molar-refractivity contribution < 1.29 is 4.74 Å². The van der Waals surface area contributed by atoms with Crippen molar-refractivity contribution in [3.8, 4) is 18.1 Å². The molecular formula is C20H21NO2. The van der Waals surface area contributed by atoms with Gasteiger partial charge in [0.25, 0.3) is 0 Å². The van der Waals surface area contributed by atoms with Gasteiger partial charge in [0.1, 0.15) is 5.75 Å². The first-order valence-electron chi connectivity index (χ1n) is 7.76. The predicted octanol–water partition coefficient (Wildman–Crippen LogP) is 4.68. The molecule has 0 aliphatic heterocycles. The molecular weight excluding hydrogens is 286 g/mol. The number of ether oxygens (including phenoxy) is 1. The summed E-state index contributed by atoms with van der Waals surface area (Å²) >= 11 is 0. The molecule has 0 aliphatic rings. The van der Waals surface area contributed by atoms with E-state index in [9.17, 15) is 4.91 Å². The fourth-order valence-electron chi connectivity index (χ4n) is 2.59. The summed E-state index contributed by atoms with van der Waals surface area (Å²) in [5, 5.41) is 3.30. The second-order valence-corrected chi connectivity index (χ2v) is 5.48. The molecule has 3 heteroatoms. The van der Waals surface area contributed by atoms with Gasteiger partial charge in [0.15, 0.2) is 0 Å². The number of nitroso groups, excluding NO2 is 1. The minimum absolute atomic E-state index is 0.664. The van der Waals surface area contributed by atoms with Crippen LogP contribution in [0.5, 0.6) is 5.75 Å². The molecule has 3 nitrogen and oxygen atoms in total. The second kappa shape index (κ2) is 7.60. The van der Waals surface area contributed by atoms with Crippen LogP contribution in [0.15, 0.2) is 53.7 Å². The average Bonchev–Trinajstić information content (AvgIpc) is 2.63. The summed E-state index contributed by atoms with van der Waals surface area (Å²) in [6, 6.07) is 15.0. The summed E-state index contributed by atoms with van der Waals surface area (Å²) in [5.41, 5.74) is 1.30. The Labute approximate surface area is 137 Å². The lowest BCUT2D eigenvalue weighted by Crippen LogP contribution is -2.22. The lowest BCUT2D eigenvalue weighted by molar-refractivity contribution is 0.414. The van der Waals surface area contributed by atoms with Crippen LogP contribution < -0.4 is 4.74 Å². The summed E-state index contributed by atoms with van der Waals surface area (Å²) in [4.78, 5) is 11.6. The van der Waals surface area contributed by atoms with Crippen LogP contribution in [0.4, 0.5) is 0 Å². The van der Waals surface area contributed by atoms with E-state index in [1.54, 1.807) is 31.4 Å². The van der Waals surface area contributed by atoms with Crippen molar-refractivity contribution in [1.29, 1.82) is 0 Å². The molecule has 118 valence electrons. The number of hydrogen-bond acceptors (Lipinski definition) is 3. The fourth-order valence-corrected chi connectivity index (χ4v) is 2.59. The molecule has 0 fully saturated rings. The molecule has 0 radical (unpaired) electrons. The van der Waals surface area contributed by atoms with Gasteiger partial charge in [-0.15, -0.1) is 11.3 Å². The molecule has 0 heterocycles. The third-order valence-electron chi connectivity index (χ3n) is 4.04. The molecule has 2 aromatic rings. The van der Waals surface area contributed by atoms with Crippen LogP contribution in [0, 0.1) is 17.3 Å². The Hall–Kier alpha value is -2.60. The van der Waals surface area contributed by atoms with Crippen molar-refractivity contribution >= 4 is 0 Å². The zero-order chi connectivity index (χ0) is 16.7. The highest BCUT2D eigenvalue weighted by atomic mass is 16.5. The lowest BCUT2D eigenvalue weighted by Gasteiger charge is -2.22. The quantitative estimate of drug-likeness (QED) is 0.550. The number of benzene rings is 2. The van der Waals surface area contributed by atoms with E-state index in [1.807, 2.05) is 24.3 Å². The van der Waals surface area contributed by atoms with Crippen molar-refractivity contribution in [3.05, 3.63) is 70.1 Å². The van der Waals surface area contributed by atoms with Crippen LogP contribution in [-0.4, -0.2) is 7.11 Å². The summed E-state index contributed by atoms with van der Waals surface area (Å²) in [5.74, 6) is 3.29. The van der Waals surface area contributed by atoms with Crippen LogP contribution in [0.3, 0.4) is 0 Å². The number of hydrogen-bond donors (Lipinski definition) is 0. The maximum atomic E-state index is 11.6. The van der Waals surface area contributed by atoms with E-state index >= 15 is 0 Å². The number of unbranched alkanes of at least 4 members (excludes halogenated alkanes) is 1. The Bertz CT molecular complexity index is 683. The number of rotatable bonds is 7. The van der Waals surface area contributed by atoms with Crippen LogP contribution in [0.2, 0.25) is 0 Å². The zero-order valence-corrected chi connectivity index (χ0v) is 13.6. The monoisotopic (exact) mass is 307 g/mol. The van der Waals surface area contributed by atoms with Crippen molar-refractivity contribution in [2.75, 3.05) is 7.11 Å². The van der Waals surface area contributed by atoms with Crippen molar-refractivity contribution in [1.82, 2.24) is 0 Å². The molecule has 0 spiro atoms. The molecule has 0 aliphatic carbocycles. The molecule has 2 rings (SSSR count). The minimum Gasteiger partial charge on any atom is -0.497 e. The second-order valence-electron chi connectivity index (χ2n) is 5.48. The Morgan fingerprint density at radius 1 is 1.09 bits per heavy atom. The lowest BCUT2D eigenvalue weighted by atomic mass is 9.84. The summed E-state index contributed by atoms with van der Waals surface area (Å²) in [7, 11) is 1.59. The van der Waals surface area contributed by atoms with E-state index < -0.39 is 5.54 Å². The highest BCUT2D eigenvalue weighted by Crippen LogP contribution is 2.34. The van der Waals surface area contributed by atoms with Crippen LogP contribution in [-0.2, 0) is 12.0 Å². The van der Waals surface area contributed by atoms with E-state index in [0.717, 1.165) is 19.3 Å².